The van der Waals surface area contributed by atoms with Crippen LogP contribution in [0.4, 0.5) is 0 Å². The Morgan fingerprint density at radius 1 is 1.50 bits per heavy atom. The molecule has 1 amide bonds. The Labute approximate surface area is 119 Å². The number of aryl methyl sites for hydroxylation is 1. The van der Waals surface area contributed by atoms with Gasteiger partial charge in [-0.05, 0) is 39.2 Å². The number of hydrogen-bond acceptors (Lipinski definition) is 4. The number of nitrogens with zero attached hydrogens (tertiary/aromatic N) is 3. The first kappa shape index (κ1) is 13.5. The molecule has 2 atom stereocenters. The van der Waals surface area contributed by atoms with E-state index in [2.05, 4.69) is 32.3 Å². The molecule has 0 aromatic carbocycles. The largest absolute Gasteiger partial charge is 0.345 e. The number of amides is 1. The van der Waals surface area contributed by atoms with Crippen LogP contribution in [0.25, 0.3) is 0 Å². The first-order chi connectivity index (χ1) is 9.66. The summed E-state index contributed by atoms with van der Waals surface area (Å²) in [6.45, 7) is 5.95. The van der Waals surface area contributed by atoms with Crippen molar-refractivity contribution in [3.05, 3.63) is 11.6 Å². The average molecular weight is 277 g/mol. The molecule has 1 aromatic rings. The van der Waals surface area contributed by atoms with Gasteiger partial charge >= 0.3 is 0 Å². The molecular formula is C14H23N5O. The van der Waals surface area contributed by atoms with Gasteiger partial charge in [-0.3, -0.25) is 4.79 Å². The third kappa shape index (κ3) is 2.12. The normalized spacial score (nSPS) is 26.5. The Balaban J connectivity index is 1.72. The maximum absolute atomic E-state index is 12.6. The molecule has 0 radical (unpaired) electrons. The fourth-order valence-electron chi connectivity index (χ4n) is 3.36. The Bertz CT molecular complexity index is 504. The fraction of sp³-hybridized carbons (Fsp3) is 0.786. The summed E-state index contributed by atoms with van der Waals surface area (Å²) in [5, 5.41) is 14.9. The number of fused-ring (bicyclic) bond motifs is 1. The van der Waals surface area contributed by atoms with Crippen molar-refractivity contribution in [3.63, 3.8) is 0 Å². The molecule has 2 aliphatic rings. The van der Waals surface area contributed by atoms with Gasteiger partial charge in [0.25, 0.3) is 0 Å². The maximum atomic E-state index is 12.6. The molecule has 0 bridgehead atoms. The van der Waals surface area contributed by atoms with Gasteiger partial charge < -0.3 is 15.2 Å². The van der Waals surface area contributed by atoms with Crippen molar-refractivity contribution >= 4 is 5.91 Å². The summed E-state index contributed by atoms with van der Waals surface area (Å²) in [5.74, 6) is 2.03. The molecule has 1 fully saturated rings. The van der Waals surface area contributed by atoms with Crippen LogP contribution in [0, 0.1) is 0 Å². The summed E-state index contributed by atoms with van der Waals surface area (Å²) in [6.07, 6.45) is 4.92. The molecule has 110 valence electrons. The minimum atomic E-state index is -0.387. The molecule has 6 nitrogen and oxygen atoms in total. The zero-order valence-electron chi connectivity index (χ0n) is 12.3. The van der Waals surface area contributed by atoms with Crippen LogP contribution >= 0.6 is 0 Å². The Kier molecular flexibility index (Phi) is 3.50. The van der Waals surface area contributed by atoms with Gasteiger partial charge in [0.2, 0.25) is 5.91 Å². The molecule has 1 saturated heterocycles. The third-order valence-corrected chi connectivity index (χ3v) is 4.65. The molecule has 0 aliphatic carbocycles. The summed E-state index contributed by atoms with van der Waals surface area (Å²) >= 11 is 0. The van der Waals surface area contributed by atoms with E-state index in [9.17, 15) is 4.79 Å². The fourth-order valence-corrected chi connectivity index (χ4v) is 3.36. The number of carbonyl (C=O) groups excluding carboxylic acids is 1. The topological polar surface area (TPSA) is 71.8 Å². The molecule has 2 N–H and O–H groups in total. The van der Waals surface area contributed by atoms with Crippen LogP contribution in [0.5, 0.6) is 0 Å². The summed E-state index contributed by atoms with van der Waals surface area (Å²) in [6, 6.07) is -0.0901. The van der Waals surface area contributed by atoms with Gasteiger partial charge in [0.05, 0.1) is 11.6 Å². The van der Waals surface area contributed by atoms with Gasteiger partial charge in [0.15, 0.2) is 5.82 Å². The highest BCUT2D eigenvalue weighted by Gasteiger charge is 2.40. The second-order valence-electron chi connectivity index (χ2n) is 5.89. The van der Waals surface area contributed by atoms with Gasteiger partial charge in [0, 0.05) is 13.0 Å². The highest BCUT2D eigenvalue weighted by atomic mass is 16.2. The summed E-state index contributed by atoms with van der Waals surface area (Å²) < 4.78 is 2.14. The van der Waals surface area contributed by atoms with Gasteiger partial charge in [-0.25, -0.2) is 0 Å². The second-order valence-corrected chi connectivity index (χ2v) is 5.89. The van der Waals surface area contributed by atoms with Crippen molar-refractivity contribution in [1.82, 2.24) is 25.4 Å². The lowest BCUT2D eigenvalue weighted by molar-refractivity contribution is -0.128. The molecule has 2 unspecified atom stereocenters. The van der Waals surface area contributed by atoms with E-state index in [1.807, 2.05) is 6.92 Å². The number of hydrogen-bond donors (Lipinski definition) is 2. The SMILES string of the molecule is CCC1(C(=O)NC(C)c2nnc3n2CCC3)CCCN1. The number of rotatable bonds is 4. The molecule has 20 heavy (non-hydrogen) atoms. The van der Waals surface area contributed by atoms with Crippen LogP contribution < -0.4 is 10.6 Å². The van der Waals surface area contributed by atoms with Gasteiger partial charge in [-0.15, -0.1) is 10.2 Å². The first-order valence-electron chi connectivity index (χ1n) is 7.64. The quantitative estimate of drug-likeness (QED) is 0.859. The Morgan fingerprint density at radius 2 is 2.35 bits per heavy atom. The van der Waals surface area contributed by atoms with Crippen molar-refractivity contribution in [2.24, 2.45) is 0 Å². The van der Waals surface area contributed by atoms with Crippen molar-refractivity contribution in [2.45, 2.75) is 64.1 Å². The van der Waals surface area contributed by atoms with Gasteiger partial charge in [0.1, 0.15) is 5.82 Å². The second kappa shape index (κ2) is 5.16. The van der Waals surface area contributed by atoms with Crippen molar-refractivity contribution in [3.8, 4) is 0 Å². The van der Waals surface area contributed by atoms with E-state index in [1.54, 1.807) is 0 Å². The van der Waals surface area contributed by atoms with Crippen molar-refractivity contribution in [2.75, 3.05) is 6.54 Å². The van der Waals surface area contributed by atoms with Gasteiger partial charge in [-0.2, -0.15) is 0 Å². The maximum Gasteiger partial charge on any atom is 0.240 e. The molecule has 3 heterocycles. The standard InChI is InChI=1S/C14H23N5O/c1-3-14(7-5-8-15-14)13(20)16-10(2)12-18-17-11-6-4-9-19(11)12/h10,15H,3-9H2,1-2H3,(H,16,20). The molecular weight excluding hydrogens is 254 g/mol. The predicted molar refractivity (Wildman–Crippen MR) is 75.2 cm³/mol. The van der Waals surface area contributed by atoms with E-state index >= 15 is 0 Å². The summed E-state index contributed by atoms with van der Waals surface area (Å²) in [7, 11) is 0. The minimum absolute atomic E-state index is 0.0901. The zero-order valence-corrected chi connectivity index (χ0v) is 12.3. The Hall–Kier alpha value is -1.43. The summed E-state index contributed by atoms with van der Waals surface area (Å²) in [4.78, 5) is 12.6. The summed E-state index contributed by atoms with van der Waals surface area (Å²) in [5.41, 5.74) is -0.387. The molecule has 6 heteroatoms. The van der Waals surface area contributed by atoms with Gasteiger partial charge in [-0.1, -0.05) is 6.92 Å². The highest BCUT2D eigenvalue weighted by molar-refractivity contribution is 5.86. The van der Waals surface area contributed by atoms with E-state index < -0.39 is 0 Å². The third-order valence-electron chi connectivity index (χ3n) is 4.65. The predicted octanol–water partition coefficient (Wildman–Crippen LogP) is 0.934. The molecule has 2 aliphatic heterocycles. The van der Waals surface area contributed by atoms with Crippen molar-refractivity contribution < 1.29 is 4.79 Å². The number of aromatic nitrogens is 3. The van der Waals surface area contributed by atoms with Crippen LogP contribution in [0.1, 0.15) is 57.2 Å². The van der Waals surface area contributed by atoms with E-state index in [1.165, 1.54) is 0 Å². The number of carbonyl (C=O) groups is 1. The average Bonchev–Trinajstić information content (AvgIpc) is 3.14. The zero-order chi connectivity index (χ0) is 14.2. The van der Waals surface area contributed by atoms with Crippen LogP contribution in [0.15, 0.2) is 0 Å². The van der Waals surface area contributed by atoms with Crippen LogP contribution in [-0.2, 0) is 17.8 Å². The molecule has 1 aromatic heterocycles. The van der Waals surface area contributed by atoms with E-state index in [4.69, 9.17) is 0 Å². The molecule has 0 spiro atoms. The van der Waals surface area contributed by atoms with Crippen LogP contribution in [-0.4, -0.2) is 32.8 Å². The van der Waals surface area contributed by atoms with Crippen LogP contribution in [0.2, 0.25) is 0 Å². The lowest BCUT2D eigenvalue weighted by Crippen LogP contribution is -2.53. The Morgan fingerprint density at radius 3 is 3.05 bits per heavy atom. The highest BCUT2D eigenvalue weighted by Crippen LogP contribution is 2.25. The van der Waals surface area contributed by atoms with Crippen LogP contribution in [0.3, 0.4) is 0 Å². The number of nitrogens with one attached hydrogen (secondary N) is 2. The molecule has 3 rings (SSSR count). The van der Waals surface area contributed by atoms with E-state index in [0.29, 0.717) is 0 Å². The lowest BCUT2D eigenvalue weighted by atomic mass is 9.93. The monoisotopic (exact) mass is 277 g/mol. The lowest BCUT2D eigenvalue weighted by Gasteiger charge is -2.28. The van der Waals surface area contributed by atoms with E-state index in [-0.39, 0.29) is 17.5 Å². The van der Waals surface area contributed by atoms with Crippen molar-refractivity contribution in [1.29, 1.82) is 0 Å². The first-order valence-corrected chi connectivity index (χ1v) is 7.64. The molecule has 0 saturated carbocycles. The smallest absolute Gasteiger partial charge is 0.240 e. The minimum Gasteiger partial charge on any atom is -0.345 e. The van der Waals surface area contributed by atoms with E-state index in [0.717, 1.165) is 56.8 Å².